The molecular weight excluding hydrogens is 524 g/mol. The average Bonchev–Trinajstić information content (AvgIpc) is 3.20. The van der Waals surface area contributed by atoms with Gasteiger partial charge in [-0.25, -0.2) is 14.4 Å². The summed E-state index contributed by atoms with van der Waals surface area (Å²) in [6, 6.07) is 15.8. The first-order valence-corrected chi connectivity index (χ1v) is 14.5. The molecule has 1 atom stereocenters. The molecule has 2 aromatic rings. The van der Waals surface area contributed by atoms with Crippen molar-refractivity contribution >= 4 is 18.2 Å². The van der Waals surface area contributed by atoms with Crippen molar-refractivity contribution in [2.24, 2.45) is 0 Å². The lowest BCUT2D eigenvalue weighted by atomic mass is 9.72. The predicted octanol–water partition coefficient (Wildman–Crippen LogP) is 5.41. The Kier molecular flexibility index (Phi) is 6.76. The van der Waals surface area contributed by atoms with Crippen molar-refractivity contribution in [3.63, 3.8) is 0 Å². The minimum Gasteiger partial charge on any atom is -0.479 e. The van der Waals surface area contributed by atoms with Crippen LogP contribution >= 0.6 is 0 Å². The van der Waals surface area contributed by atoms with E-state index >= 15 is 0 Å². The predicted molar refractivity (Wildman–Crippen MR) is 151 cm³/mol. The summed E-state index contributed by atoms with van der Waals surface area (Å²) in [4.78, 5) is 42.5. The third-order valence-electron chi connectivity index (χ3n) is 9.05. The van der Waals surface area contributed by atoms with E-state index in [-0.39, 0.29) is 37.3 Å². The first-order chi connectivity index (χ1) is 19.5. The number of hydrogen-bond donors (Lipinski definition) is 1. The maximum absolute atomic E-state index is 14.1. The van der Waals surface area contributed by atoms with E-state index in [0.717, 1.165) is 41.5 Å². The number of likely N-dealkylation sites (tertiary alicyclic amines) is 1. The van der Waals surface area contributed by atoms with Gasteiger partial charge in [0.05, 0.1) is 18.7 Å². The van der Waals surface area contributed by atoms with Crippen molar-refractivity contribution in [2.75, 3.05) is 26.3 Å². The Morgan fingerprint density at radius 3 is 2.17 bits per heavy atom. The first kappa shape index (κ1) is 27.6. The van der Waals surface area contributed by atoms with E-state index in [4.69, 9.17) is 14.2 Å². The van der Waals surface area contributed by atoms with Gasteiger partial charge in [0.2, 0.25) is 0 Å². The fraction of sp³-hybridized carbons (Fsp3) is 0.531. The Bertz CT molecular complexity index is 1310. The number of carboxylic acid groups (broad SMARTS) is 1. The number of rotatable bonds is 5. The molecular formula is C32H38N2O7. The number of carbonyl (C=O) groups is 3. The number of aliphatic carboxylic acids is 1. The van der Waals surface area contributed by atoms with Crippen molar-refractivity contribution in [1.82, 2.24) is 9.80 Å². The van der Waals surface area contributed by atoms with Gasteiger partial charge in [-0.2, -0.15) is 0 Å². The molecule has 2 aliphatic carbocycles. The van der Waals surface area contributed by atoms with Gasteiger partial charge in [-0.05, 0) is 75.1 Å². The molecule has 41 heavy (non-hydrogen) atoms. The van der Waals surface area contributed by atoms with Crippen LogP contribution in [0.4, 0.5) is 9.59 Å². The number of hydrogen-bond acceptors (Lipinski definition) is 6. The van der Waals surface area contributed by atoms with Crippen LogP contribution in [-0.4, -0.2) is 82.1 Å². The summed E-state index contributed by atoms with van der Waals surface area (Å²) in [5.74, 6) is -1.30. The van der Waals surface area contributed by atoms with Crippen LogP contribution in [0.25, 0.3) is 11.1 Å². The van der Waals surface area contributed by atoms with Crippen LogP contribution in [-0.2, 0) is 19.0 Å². The summed E-state index contributed by atoms with van der Waals surface area (Å²) in [5.41, 5.74) is 1.76. The van der Waals surface area contributed by atoms with Crippen molar-refractivity contribution in [3.05, 3.63) is 59.7 Å². The van der Waals surface area contributed by atoms with E-state index < -0.39 is 29.3 Å². The molecule has 0 aromatic heterocycles. The second-order valence-corrected chi connectivity index (χ2v) is 12.9. The summed E-state index contributed by atoms with van der Waals surface area (Å²) in [6.07, 6.45) is 2.64. The molecule has 0 bridgehead atoms. The molecule has 2 amide bonds. The van der Waals surface area contributed by atoms with E-state index in [2.05, 4.69) is 12.1 Å². The quantitative estimate of drug-likeness (QED) is 0.519. The Morgan fingerprint density at radius 2 is 1.63 bits per heavy atom. The third kappa shape index (κ3) is 4.84. The minimum absolute atomic E-state index is 0.0865. The molecule has 9 heteroatoms. The second kappa shape index (κ2) is 10.0. The largest absolute Gasteiger partial charge is 0.479 e. The first-order valence-electron chi connectivity index (χ1n) is 14.5. The zero-order chi connectivity index (χ0) is 29.0. The van der Waals surface area contributed by atoms with Gasteiger partial charge in [0.25, 0.3) is 0 Å². The molecule has 1 N–H and O–H groups in total. The van der Waals surface area contributed by atoms with Gasteiger partial charge >= 0.3 is 18.2 Å². The summed E-state index contributed by atoms with van der Waals surface area (Å²) >= 11 is 0. The number of carbonyl (C=O) groups excluding carboxylic acids is 2. The molecule has 1 spiro atoms. The minimum atomic E-state index is -1.60. The van der Waals surface area contributed by atoms with Gasteiger partial charge < -0.3 is 24.2 Å². The highest BCUT2D eigenvalue weighted by atomic mass is 16.6. The van der Waals surface area contributed by atoms with Crippen molar-refractivity contribution in [2.45, 2.75) is 81.6 Å². The van der Waals surface area contributed by atoms with Gasteiger partial charge in [0.15, 0.2) is 5.54 Å². The zero-order valence-corrected chi connectivity index (χ0v) is 23.9. The number of ether oxygens (including phenoxy) is 3. The number of fused-ring (bicyclic) bond motifs is 3. The Labute approximate surface area is 240 Å². The number of amides is 2. The van der Waals surface area contributed by atoms with Gasteiger partial charge in [0, 0.05) is 18.6 Å². The number of nitrogens with zero attached hydrogens (tertiary/aromatic N) is 2. The van der Waals surface area contributed by atoms with Crippen LogP contribution in [0.15, 0.2) is 48.5 Å². The van der Waals surface area contributed by atoms with E-state index in [1.165, 1.54) is 9.80 Å². The third-order valence-corrected chi connectivity index (χ3v) is 9.05. The standard InChI is InChI=1S/C32H38N2O7/c1-30(2,3)41-28(37)33-19-32(20-33,27(35)36)34(21-13-16-40-31(17-21)14-8-15-31)29(38)39-18-26-24-11-6-4-9-22(24)23-10-5-7-12-25(23)26/h4-7,9-12,21,26H,8,13-20H2,1-3H3,(H,35,36). The molecule has 2 saturated heterocycles. The molecule has 1 unspecified atom stereocenters. The molecule has 1 saturated carbocycles. The summed E-state index contributed by atoms with van der Waals surface area (Å²) in [5, 5.41) is 10.5. The molecule has 3 fully saturated rings. The zero-order valence-electron chi connectivity index (χ0n) is 23.9. The van der Waals surface area contributed by atoms with Gasteiger partial charge in [-0.1, -0.05) is 48.5 Å². The Hall–Kier alpha value is -3.59. The molecule has 2 heterocycles. The molecule has 2 aliphatic heterocycles. The van der Waals surface area contributed by atoms with Crippen molar-refractivity contribution in [3.8, 4) is 11.1 Å². The highest BCUT2D eigenvalue weighted by Crippen LogP contribution is 2.47. The molecule has 6 rings (SSSR count). The lowest BCUT2D eigenvalue weighted by Crippen LogP contribution is -2.78. The topological polar surface area (TPSA) is 106 Å². The lowest BCUT2D eigenvalue weighted by molar-refractivity contribution is -0.181. The fourth-order valence-corrected chi connectivity index (χ4v) is 6.91. The summed E-state index contributed by atoms with van der Waals surface area (Å²) in [7, 11) is 0. The van der Waals surface area contributed by atoms with Crippen LogP contribution < -0.4 is 0 Å². The number of benzene rings is 2. The molecule has 2 aromatic carbocycles. The van der Waals surface area contributed by atoms with Crippen LogP contribution in [0, 0.1) is 0 Å². The van der Waals surface area contributed by atoms with E-state index in [0.29, 0.717) is 19.4 Å². The van der Waals surface area contributed by atoms with Crippen molar-refractivity contribution in [1.29, 1.82) is 0 Å². The van der Waals surface area contributed by atoms with Crippen LogP contribution in [0.1, 0.15) is 69.9 Å². The average molecular weight is 563 g/mol. The normalized spacial score (nSPS) is 22.1. The Morgan fingerprint density at radius 1 is 1.02 bits per heavy atom. The highest BCUT2D eigenvalue weighted by molar-refractivity contribution is 5.89. The smallest absolute Gasteiger partial charge is 0.411 e. The fourth-order valence-electron chi connectivity index (χ4n) is 6.91. The van der Waals surface area contributed by atoms with E-state index in [9.17, 15) is 19.5 Å². The monoisotopic (exact) mass is 562 g/mol. The van der Waals surface area contributed by atoms with E-state index in [1.807, 2.05) is 36.4 Å². The maximum atomic E-state index is 14.1. The van der Waals surface area contributed by atoms with Gasteiger partial charge in [0.1, 0.15) is 12.2 Å². The van der Waals surface area contributed by atoms with Gasteiger partial charge in [-0.15, -0.1) is 0 Å². The second-order valence-electron chi connectivity index (χ2n) is 12.9. The Balaban J connectivity index is 1.27. The molecule has 0 radical (unpaired) electrons. The molecule has 4 aliphatic rings. The van der Waals surface area contributed by atoms with E-state index in [1.54, 1.807) is 20.8 Å². The summed E-state index contributed by atoms with van der Waals surface area (Å²) < 4.78 is 17.6. The van der Waals surface area contributed by atoms with Crippen molar-refractivity contribution < 1.29 is 33.7 Å². The van der Waals surface area contributed by atoms with Crippen LogP contribution in [0.2, 0.25) is 0 Å². The maximum Gasteiger partial charge on any atom is 0.411 e. The van der Waals surface area contributed by atoms with Gasteiger partial charge in [-0.3, -0.25) is 4.90 Å². The SMILES string of the molecule is CC(C)(C)OC(=O)N1CC(C(=O)O)(N(C(=O)OCC2c3ccccc3-c3ccccc32)C2CCOC3(CCC3)C2)C1. The molecule has 9 nitrogen and oxygen atoms in total. The lowest BCUT2D eigenvalue weighted by Gasteiger charge is -2.57. The highest BCUT2D eigenvalue weighted by Gasteiger charge is 2.61. The molecule has 218 valence electrons. The van der Waals surface area contributed by atoms with Crippen LogP contribution in [0.5, 0.6) is 0 Å². The summed E-state index contributed by atoms with van der Waals surface area (Å²) in [6.45, 7) is 5.50. The number of carboxylic acids is 1. The van der Waals surface area contributed by atoms with Crippen LogP contribution in [0.3, 0.4) is 0 Å².